The van der Waals surface area contributed by atoms with E-state index in [0.717, 1.165) is 32.4 Å². The Morgan fingerprint density at radius 2 is 2.00 bits per heavy atom. The Balaban J connectivity index is 2.50. The van der Waals surface area contributed by atoms with E-state index in [2.05, 4.69) is 13.8 Å². The molecule has 1 saturated heterocycles. The van der Waals surface area contributed by atoms with Crippen molar-refractivity contribution in [3.63, 3.8) is 0 Å². The standard InChI is InChI=1S/C13H26N2O2/c1-11(2)10-12(4-3-5-14)13(16)15-6-8-17-9-7-15/h11-12H,3-10,14H2,1-2H3. The van der Waals surface area contributed by atoms with Crippen LogP contribution in [0.1, 0.15) is 33.1 Å². The number of amides is 1. The first-order valence-corrected chi connectivity index (χ1v) is 6.71. The first-order chi connectivity index (χ1) is 8.15. The second kappa shape index (κ2) is 7.67. The molecule has 1 atom stereocenters. The maximum atomic E-state index is 12.4. The van der Waals surface area contributed by atoms with Crippen LogP contribution in [0.5, 0.6) is 0 Å². The van der Waals surface area contributed by atoms with Gasteiger partial charge in [0.25, 0.3) is 0 Å². The van der Waals surface area contributed by atoms with Crippen LogP contribution in [0, 0.1) is 11.8 Å². The van der Waals surface area contributed by atoms with E-state index in [1.807, 2.05) is 4.90 Å². The minimum absolute atomic E-state index is 0.150. The van der Waals surface area contributed by atoms with Gasteiger partial charge in [0.1, 0.15) is 0 Å². The average molecular weight is 242 g/mol. The molecule has 0 spiro atoms. The number of carbonyl (C=O) groups is 1. The van der Waals surface area contributed by atoms with Crippen molar-refractivity contribution in [2.24, 2.45) is 17.6 Å². The Labute approximate surface area is 104 Å². The van der Waals surface area contributed by atoms with Crippen molar-refractivity contribution >= 4 is 5.91 Å². The number of carbonyl (C=O) groups excluding carboxylic acids is 1. The molecule has 2 N–H and O–H groups in total. The van der Waals surface area contributed by atoms with E-state index in [9.17, 15) is 4.79 Å². The molecule has 100 valence electrons. The molecule has 0 aromatic heterocycles. The molecule has 17 heavy (non-hydrogen) atoms. The number of hydrogen-bond donors (Lipinski definition) is 1. The number of rotatable bonds is 6. The maximum Gasteiger partial charge on any atom is 0.225 e. The Kier molecular flexibility index (Phi) is 6.52. The fourth-order valence-corrected chi connectivity index (χ4v) is 2.32. The van der Waals surface area contributed by atoms with Crippen LogP contribution in [0.4, 0.5) is 0 Å². The van der Waals surface area contributed by atoms with Crippen molar-refractivity contribution in [1.82, 2.24) is 4.90 Å². The van der Waals surface area contributed by atoms with Crippen molar-refractivity contribution in [3.8, 4) is 0 Å². The molecule has 1 fully saturated rings. The molecule has 0 aliphatic carbocycles. The van der Waals surface area contributed by atoms with E-state index >= 15 is 0 Å². The molecule has 0 bridgehead atoms. The summed E-state index contributed by atoms with van der Waals surface area (Å²) < 4.78 is 5.28. The summed E-state index contributed by atoms with van der Waals surface area (Å²) in [5.74, 6) is 1.01. The zero-order chi connectivity index (χ0) is 12.7. The lowest BCUT2D eigenvalue weighted by atomic mass is 9.91. The van der Waals surface area contributed by atoms with E-state index in [1.165, 1.54) is 0 Å². The van der Waals surface area contributed by atoms with Crippen molar-refractivity contribution in [1.29, 1.82) is 0 Å². The highest BCUT2D eigenvalue weighted by molar-refractivity contribution is 5.78. The molecule has 1 unspecified atom stereocenters. The topological polar surface area (TPSA) is 55.6 Å². The van der Waals surface area contributed by atoms with Gasteiger partial charge in [-0.3, -0.25) is 4.79 Å². The van der Waals surface area contributed by atoms with Gasteiger partial charge in [0.15, 0.2) is 0 Å². The van der Waals surface area contributed by atoms with Crippen molar-refractivity contribution in [3.05, 3.63) is 0 Å². The smallest absolute Gasteiger partial charge is 0.225 e. The summed E-state index contributed by atoms with van der Waals surface area (Å²) in [6.07, 6.45) is 2.83. The van der Waals surface area contributed by atoms with E-state index in [1.54, 1.807) is 0 Å². The Morgan fingerprint density at radius 3 is 2.53 bits per heavy atom. The Bertz CT molecular complexity index is 225. The summed E-state index contributed by atoms with van der Waals surface area (Å²) in [5, 5.41) is 0. The fraction of sp³-hybridized carbons (Fsp3) is 0.923. The minimum Gasteiger partial charge on any atom is -0.378 e. The first kappa shape index (κ1) is 14.5. The van der Waals surface area contributed by atoms with Crippen LogP contribution in [0.15, 0.2) is 0 Å². The van der Waals surface area contributed by atoms with Crippen LogP contribution in [-0.2, 0) is 9.53 Å². The lowest BCUT2D eigenvalue weighted by molar-refractivity contribution is -0.140. The monoisotopic (exact) mass is 242 g/mol. The number of morpholine rings is 1. The van der Waals surface area contributed by atoms with Gasteiger partial charge in [0.2, 0.25) is 5.91 Å². The molecular formula is C13H26N2O2. The van der Waals surface area contributed by atoms with Crippen LogP contribution in [-0.4, -0.2) is 43.7 Å². The SMILES string of the molecule is CC(C)CC(CCCN)C(=O)N1CCOCC1. The maximum absolute atomic E-state index is 12.4. The summed E-state index contributed by atoms with van der Waals surface area (Å²) in [4.78, 5) is 14.3. The van der Waals surface area contributed by atoms with Crippen LogP contribution >= 0.6 is 0 Å². The van der Waals surface area contributed by atoms with E-state index in [-0.39, 0.29) is 5.92 Å². The third-order valence-corrected chi connectivity index (χ3v) is 3.18. The third-order valence-electron chi connectivity index (χ3n) is 3.18. The number of ether oxygens (including phenoxy) is 1. The predicted octanol–water partition coefficient (Wildman–Crippen LogP) is 1.25. The van der Waals surface area contributed by atoms with Gasteiger partial charge in [0.05, 0.1) is 13.2 Å². The van der Waals surface area contributed by atoms with Gasteiger partial charge in [-0.15, -0.1) is 0 Å². The number of nitrogens with two attached hydrogens (primary N) is 1. The molecule has 1 heterocycles. The normalized spacial score (nSPS) is 18.5. The Hall–Kier alpha value is -0.610. The van der Waals surface area contributed by atoms with Gasteiger partial charge < -0.3 is 15.4 Å². The molecular weight excluding hydrogens is 216 g/mol. The highest BCUT2D eigenvalue weighted by atomic mass is 16.5. The lowest BCUT2D eigenvalue weighted by Crippen LogP contribution is -2.44. The predicted molar refractivity (Wildman–Crippen MR) is 68.6 cm³/mol. The van der Waals surface area contributed by atoms with Crippen molar-refractivity contribution in [2.45, 2.75) is 33.1 Å². The highest BCUT2D eigenvalue weighted by Gasteiger charge is 2.25. The molecule has 1 aliphatic rings. The highest BCUT2D eigenvalue weighted by Crippen LogP contribution is 2.20. The van der Waals surface area contributed by atoms with Crippen LogP contribution in [0.2, 0.25) is 0 Å². The van der Waals surface area contributed by atoms with Crippen LogP contribution in [0.25, 0.3) is 0 Å². The second-order valence-corrected chi connectivity index (χ2v) is 5.20. The number of nitrogens with zero attached hydrogens (tertiary/aromatic N) is 1. The van der Waals surface area contributed by atoms with Gasteiger partial charge in [0, 0.05) is 19.0 Å². The zero-order valence-corrected chi connectivity index (χ0v) is 11.2. The van der Waals surface area contributed by atoms with Crippen molar-refractivity contribution in [2.75, 3.05) is 32.8 Å². The van der Waals surface area contributed by atoms with Crippen molar-refractivity contribution < 1.29 is 9.53 Å². The van der Waals surface area contributed by atoms with Gasteiger partial charge >= 0.3 is 0 Å². The largest absolute Gasteiger partial charge is 0.378 e. The summed E-state index contributed by atoms with van der Waals surface area (Å²) in [6.45, 7) is 7.86. The van der Waals surface area contributed by atoms with Gasteiger partial charge in [-0.1, -0.05) is 13.8 Å². The molecule has 1 rings (SSSR count). The lowest BCUT2D eigenvalue weighted by Gasteiger charge is -2.31. The summed E-state index contributed by atoms with van der Waals surface area (Å²) in [7, 11) is 0. The van der Waals surface area contributed by atoms with E-state index < -0.39 is 0 Å². The molecule has 0 aromatic rings. The summed E-state index contributed by atoms with van der Waals surface area (Å²) >= 11 is 0. The summed E-state index contributed by atoms with van der Waals surface area (Å²) in [5.41, 5.74) is 5.54. The molecule has 1 aliphatic heterocycles. The Morgan fingerprint density at radius 1 is 1.35 bits per heavy atom. The fourth-order valence-electron chi connectivity index (χ4n) is 2.32. The molecule has 0 radical (unpaired) electrons. The van der Waals surface area contributed by atoms with Gasteiger partial charge in [-0.2, -0.15) is 0 Å². The molecule has 4 heteroatoms. The van der Waals surface area contributed by atoms with Crippen LogP contribution in [0.3, 0.4) is 0 Å². The summed E-state index contributed by atoms with van der Waals surface area (Å²) in [6, 6.07) is 0. The molecule has 0 aromatic carbocycles. The third kappa shape index (κ3) is 5.04. The average Bonchev–Trinajstić information content (AvgIpc) is 2.34. The second-order valence-electron chi connectivity index (χ2n) is 5.20. The minimum atomic E-state index is 0.150. The molecule has 4 nitrogen and oxygen atoms in total. The number of hydrogen-bond acceptors (Lipinski definition) is 3. The van der Waals surface area contributed by atoms with Crippen LogP contribution < -0.4 is 5.73 Å². The van der Waals surface area contributed by atoms with Gasteiger partial charge in [-0.25, -0.2) is 0 Å². The van der Waals surface area contributed by atoms with E-state index in [4.69, 9.17) is 10.5 Å². The molecule has 0 saturated carbocycles. The first-order valence-electron chi connectivity index (χ1n) is 6.71. The van der Waals surface area contributed by atoms with E-state index in [0.29, 0.717) is 31.6 Å². The zero-order valence-electron chi connectivity index (χ0n) is 11.2. The van der Waals surface area contributed by atoms with Gasteiger partial charge in [-0.05, 0) is 31.7 Å². The quantitative estimate of drug-likeness (QED) is 0.762. The molecule has 1 amide bonds.